The van der Waals surface area contributed by atoms with Crippen LogP contribution >= 0.6 is 0 Å². The van der Waals surface area contributed by atoms with Gasteiger partial charge < -0.3 is 14.2 Å². The smallest absolute Gasteiger partial charge is 0.273 e. The lowest BCUT2D eigenvalue weighted by Gasteiger charge is -2.34. The first-order chi connectivity index (χ1) is 12.0. The molecule has 2 heterocycles. The first-order valence-electron chi connectivity index (χ1n) is 7.83. The average molecular weight is 343 g/mol. The molecule has 0 aliphatic carbocycles. The molecule has 0 saturated carbocycles. The van der Waals surface area contributed by atoms with Gasteiger partial charge in [-0.15, -0.1) is 0 Å². The van der Waals surface area contributed by atoms with Gasteiger partial charge in [-0.25, -0.2) is 0 Å². The van der Waals surface area contributed by atoms with Crippen LogP contribution in [0, 0.1) is 17.0 Å². The first kappa shape index (κ1) is 16.7. The highest BCUT2D eigenvalue weighted by atomic mass is 16.6. The van der Waals surface area contributed by atoms with Crippen molar-refractivity contribution in [2.75, 3.05) is 26.2 Å². The third-order valence-corrected chi connectivity index (χ3v) is 4.28. The average Bonchev–Trinajstić information content (AvgIpc) is 3.15. The van der Waals surface area contributed by atoms with Gasteiger partial charge in [0.15, 0.2) is 0 Å². The van der Waals surface area contributed by atoms with Crippen molar-refractivity contribution < 1.29 is 18.9 Å². The van der Waals surface area contributed by atoms with Crippen LogP contribution in [0.15, 0.2) is 41.2 Å². The summed E-state index contributed by atoms with van der Waals surface area (Å²) in [6.45, 7) is 3.20. The second kappa shape index (κ2) is 6.76. The van der Waals surface area contributed by atoms with Crippen LogP contribution < -0.4 is 0 Å². The van der Waals surface area contributed by atoms with Gasteiger partial charge in [-0.1, -0.05) is 6.07 Å². The topological polar surface area (TPSA) is 96.9 Å². The Labute approximate surface area is 143 Å². The lowest BCUT2D eigenvalue weighted by Crippen LogP contribution is -2.50. The van der Waals surface area contributed by atoms with Crippen LogP contribution in [0.4, 0.5) is 5.69 Å². The Balaban J connectivity index is 1.67. The molecule has 8 nitrogen and oxygen atoms in total. The SMILES string of the molecule is Cc1ccc(C(=O)N2CCN(C(=O)c3ccoc3)CC2)cc1[N+](=O)[O-]. The summed E-state index contributed by atoms with van der Waals surface area (Å²) >= 11 is 0. The zero-order valence-corrected chi connectivity index (χ0v) is 13.7. The number of furan rings is 1. The van der Waals surface area contributed by atoms with E-state index in [9.17, 15) is 19.7 Å². The summed E-state index contributed by atoms with van der Waals surface area (Å²) in [5.74, 6) is -0.398. The summed E-state index contributed by atoms with van der Waals surface area (Å²) in [7, 11) is 0. The third-order valence-electron chi connectivity index (χ3n) is 4.28. The van der Waals surface area contributed by atoms with E-state index in [2.05, 4.69) is 0 Å². The van der Waals surface area contributed by atoms with Crippen LogP contribution in [-0.4, -0.2) is 52.7 Å². The fraction of sp³-hybridized carbons (Fsp3) is 0.294. The summed E-state index contributed by atoms with van der Waals surface area (Å²) in [6.07, 6.45) is 2.84. The molecule has 0 radical (unpaired) electrons. The van der Waals surface area contributed by atoms with E-state index < -0.39 is 4.92 Å². The molecule has 2 amide bonds. The van der Waals surface area contributed by atoms with Crippen LogP contribution in [0.1, 0.15) is 26.3 Å². The predicted molar refractivity (Wildman–Crippen MR) is 88.3 cm³/mol. The largest absolute Gasteiger partial charge is 0.472 e. The van der Waals surface area contributed by atoms with Gasteiger partial charge in [0, 0.05) is 43.4 Å². The monoisotopic (exact) mass is 343 g/mol. The summed E-state index contributed by atoms with van der Waals surface area (Å²) in [5, 5.41) is 11.0. The van der Waals surface area contributed by atoms with E-state index >= 15 is 0 Å². The van der Waals surface area contributed by atoms with Crippen LogP contribution in [0.3, 0.4) is 0 Å². The zero-order valence-electron chi connectivity index (χ0n) is 13.7. The molecule has 2 aromatic rings. The Kier molecular flexibility index (Phi) is 4.51. The fourth-order valence-corrected chi connectivity index (χ4v) is 2.80. The maximum atomic E-state index is 12.6. The first-order valence-corrected chi connectivity index (χ1v) is 7.83. The van der Waals surface area contributed by atoms with E-state index in [0.717, 1.165) is 0 Å². The molecule has 0 N–H and O–H groups in total. The zero-order chi connectivity index (χ0) is 18.0. The van der Waals surface area contributed by atoms with E-state index in [4.69, 9.17) is 4.42 Å². The Hall–Kier alpha value is -3.16. The lowest BCUT2D eigenvalue weighted by molar-refractivity contribution is -0.385. The molecule has 25 heavy (non-hydrogen) atoms. The van der Waals surface area contributed by atoms with Gasteiger partial charge >= 0.3 is 0 Å². The summed E-state index contributed by atoms with van der Waals surface area (Å²) < 4.78 is 4.92. The number of nitro groups is 1. The van der Waals surface area contributed by atoms with Gasteiger partial charge in [0.2, 0.25) is 0 Å². The Bertz CT molecular complexity index is 808. The molecule has 130 valence electrons. The van der Waals surface area contributed by atoms with E-state index in [1.54, 1.807) is 34.9 Å². The number of carbonyl (C=O) groups excluding carboxylic acids is 2. The molecule has 0 spiro atoms. The number of hydrogen-bond acceptors (Lipinski definition) is 5. The van der Waals surface area contributed by atoms with Gasteiger partial charge in [-0.2, -0.15) is 0 Å². The highest BCUT2D eigenvalue weighted by Gasteiger charge is 2.26. The number of nitrogens with zero attached hydrogens (tertiary/aromatic N) is 3. The Morgan fingerprint density at radius 3 is 2.16 bits per heavy atom. The highest BCUT2D eigenvalue weighted by Crippen LogP contribution is 2.21. The molecule has 1 aromatic carbocycles. The van der Waals surface area contributed by atoms with E-state index in [0.29, 0.717) is 37.3 Å². The van der Waals surface area contributed by atoms with E-state index in [-0.39, 0.29) is 23.1 Å². The molecule has 1 aliphatic rings. The summed E-state index contributed by atoms with van der Waals surface area (Å²) in [4.78, 5) is 38.6. The van der Waals surface area contributed by atoms with Crippen molar-refractivity contribution in [1.29, 1.82) is 0 Å². The predicted octanol–water partition coefficient (Wildman–Crippen LogP) is 2.09. The fourth-order valence-electron chi connectivity index (χ4n) is 2.80. The maximum Gasteiger partial charge on any atom is 0.273 e. The Morgan fingerprint density at radius 2 is 1.64 bits per heavy atom. The van der Waals surface area contributed by atoms with Gasteiger partial charge in [0.25, 0.3) is 17.5 Å². The number of hydrogen-bond donors (Lipinski definition) is 0. The number of carbonyl (C=O) groups is 2. The van der Waals surface area contributed by atoms with Gasteiger partial charge in [-0.05, 0) is 19.1 Å². The van der Waals surface area contributed by atoms with Crippen molar-refractivity contribution in [2.24, 2.45) is 0 Å². The maximum absolute atomic E-state index is 12.6. The van der Waals surface area contributed by atoms with Gasteiger partial charge in [0.05, 0.1) is 16.7 Å². The molecule has 0 unspecified atom stereocenters. The molecule has 1 fully saturated rings. The molecule has 1 saturated heterocycles. The van der Waals surface area contributed by atoms with E-state index in [1.165, 1.54) is 18.6 Å². The molecular formula is C17H17N3O5. The lowest BCUT2D eigenvalue weighted by atomic mass is 10.1. The molecular weight excluding hydrogens is 326 g/mol. The highest BCUT2D eigenvalue weighted by molar-refractivity contribution is 5.96. The van der Waals surface area contributed by atoms with Gasteiger partial charge in [-0.3, -0.25) is 19.7 Å². The number of aryl methyl sites for hydroxylation is 1. The van der Waals surface area contributed by atoms with Crippen molar-refractivity contribution >= 4 is 17.5 Å². The van der Waals surface area contributed by atoms with Crippen molar-refractivity contribution in [3.05, 3.63) is 63.6 Å². The van der Waals surface area contributed by atoms with Crippen molar-refractivity contribution in [1.82, 2.24) is 9.80 Å². The van der Waals surface area contributed by atoms with Crippen molar-refractivity contribution in [3.8, 4) is 0 Å². The standard InChI is InChI=1S/C17H17N3O5/c1-12-2-3-13(10-15(12)20(23)24)16(21)18-5-7-19(8-6-18)17(22)14-4-9-25-11-14/h2-4,9-11H,5-8H2,1H3. The normalized spacial score (nSPS) is 14.4. The number of rotatable bonds is 3. The number of piperazine rings is 1. The number of nitro benzene ring substituents is 1. The van der Waals surface area contributed by atoms with Crippen LogP contribution in [0.2, 0.25) is 0 Å². The third kappa shape index (κ3) is 3.37. The molecule has 0 atom stereocenters. The minimum Gasteiger partial charge on any atom is -0.472 e. The van der Waals surface area contributed by atoms with Crippen molar-refractivity contribution in [2.45, 2.75) is 6.92 Å². The Morgan fingerprint density at radius 1 is 1.04 bits per heavy atom. The minimum atomic E-state index is -0.492. The second-order valence-corrected chi connectivity index (χ2v) is 5.85. The van der Waals surface area contributed by atoms with Gasteiger partial charge in [0.1, 0.15) is 6.26 Å². The van der Waals surface area contributed by atoms with E-state index in [1.807, 2.05) is 0 Å². The summed E-state index contributed by atoms with van der Waals surface area (Å²) in [6, 6.07) is 6.07. The number of amides is 2. The van der Waals surface area contributed by atoms with Crippen molar-refractivity contribution in [3.63, 3.8) is 0 Å². The molecule has 1 aromatic heterocycles. The quantitative estimate of drug-likeness (QED) is 0.628. The van der Waals surface area contributed by atoms with Crippen LogP contribution in [0.5, 0.6) is 0 Å². The van der Waals surface area contributed by atoms with Crippen LogP contribution in [-0.2, 0) is 0 Å². The molecule has 0 bridgehead atoms. The molecule has 3 rings (SSSR count). The molecule has 1 aliphatic heterocycles. The second-order valence-electron chi connectivity index (χ2n) is 5.85. The van der Waals surface area contributed by atoms with Crippen LogP contribution in [0.25, 0.3) is 0 Å². The molecule has 8 heteroatoms. The summed E-state index contributed by atoms with van der Waals surface area (Å²) in [5.41, 5.74) is 1.21. The minimum absolute atomic E-state index is 0.0698. The number of benzene rings is 1.